The van der Waals surface area contributed by atoms with Gasteiger partial charge in [0, 0.05) is 5.56 Å². The lowest BCUT2D eigenvalue weighted by Gasteiger charge is -2.24. The monoisotopic (exact) mass is 364 g/mol. The highest BCUT2D eigenvalue weighted by Gasteiger charge is 2.29. The van der Waals surface area contributed by atoms with Crippen LogP contribution in [0.15, 0.2) is 48.5 Å². The van der Waals surface area contributed by atoms with E-state index in [9.17, 15) is 18.4 Å². The third kappa shape index (κ3) is 4.27. The summed E-state index contributed by atoms with van der Waals surface area (Å²) in [5, 5.41) is 0. The van der Waals surface area contributed by atoms with Crippen LogP contribution >= 0.6 is 0 Å². The summed E-state index contributed by atoms with van der Waals surface area (Å²) in [6.07, 6.45) is -0.973. The molecule has 136 valence electrons. The van der Waals surface area contributed by atoms with Gasteiger partial charge in [0.1, 0.15) is 12.4 Å². The van der Waals surface area contributed by atoms with Gasteiger partial charge in [-0.25, -0.2) is 4.79 Å². The molecule has 8 heteroatoms. The molecule has 0 amide bonds. The van der Waals surface area contributed by atoms with E-state index in [1.54, 1.807) is 24.3 Å². The van der Waals surface area contributed by atoms with Crippen LogP contribution in [-0.2, 0) is 9.53 Å². The Hall–Kier alpha value is -3.16. The van der Waals surface area contributed by atoms with Gasteiger partial charge in [-0.2, -0.15) is 8.78 Å². The lowest BCUT2D eigenvalue weighted by atomic mass is 10.1. The highest BCUT2D eigenvalue weighted by atomic mass is 19.3. The van der Waals surface area contributed by atoms with E-state index in [-0.39, 0.29) is 17.9 Å². The van der Waals surface area contributed by atoms with E-state index in [4.69, 9.17) is 14.2 Å². The Morgan fingerprint density at radius 1 is 1.08 bits per heavy atom. The number of ether oxygens (including phenoxy) is 4. The Balaban J connectivity index is 1.52. The van der Waals surface area contributed by atoms with Gasteiger partial charge in [0.05, 0.1) is 0 Å². The van der Waals surface area contributed by atoms with Crippen molar-refractivity contribution in [2.24, 2.45) is 0 Å². The second-order valence-electron chi connectivity index (χ2n) is 5.30. The van der Waals surface area contributed by atoms with Crippen LogP contribution in [0, 0.1) is 0 Å². The molecule has 1 unspecified atom stereocenters. The molecule has 2 aromatic carbocycles. The molecule has 1 atom stereocenters. The van der Waals surface area contributed by atoms with Crippen molar-refractivity contribution in [3.63, 3.8) is 0 Å². The Kier molecular flexibility index (Phi) is 5.31. The van der Waals surface area contributed by atoms with E-state index in [1.807, 2.05) is 0 Å². The summed E-state index contributed by atoms with van der Waals surface area (Å²) >= 11 is 0. The number of benzene rings is 2. The van der Waals surface area contributed by atoms with Gasteiger partial charge in [0.15, 0.2) is 23.9 Å². The Morgan fingerprint density at radius 3 is 2.46 bits per heavy atom. The lowest BCUT2D eigenvalue weighted by Crippen LogP contribution is -2.38. The Morgan fingerprint density at radius 2 is 1.77 bits per heavy atom. The molecule has 0 radical (unpaired) electrons. The van der Waals surface area contributed by atoms with Gasteiger partial charge in [-0.05, 0) is 36.4 Å². The summed E-state index contributed by atoms with van der Waals surface area (Å²) in [5.41, 5.74) is 0.200. The lowest BCUT2D eigenvalue weighted by molar-refractivity contribution is -0.153. The third-order valence-electron chi connectivity index (χ3n) is 3.52. The Labute approximate surface area is 147 Å². The summed E-state index contributed by atoms with van der Waals surface area (Å²) < 4.78 is 44.2. The number of alkyl halides is 2. The summed E-state index contributed by atoms with van der Waals surface area (Å²) in [6, 6.07) is 12.0. The first-order valence-corrected chi connectivity index (χ1v) is 7.66. The zero-order valence-corrected chi connectivity index (χ0v) is 13.4. The third-order valence-corrected chi connectivity index (χ3v) is 3.52. The average molecular weight is 364 g/mol. The zero-order chi connectivity index (χ0) is 18.5. The number of ketones is 1. The van der Waals surface area contributed by atoms with E-state index in [1.165, 1.54) is 24.3 Å². The first-order valence-electron chi connectivity index (χ1n) is 7.66. The van der Waals surface area contributed by atoms with Crippen molar-refractivity contribution in [2.45, 2.75) is 12.7 Å². The van der Waals surface area contributed by atoms with Gasteiger partial charge in [-0.1, -0.05) is 12.1 Å². The standard InChI is InChI=1S/C18H14F2O6/c19-18(20)25-12-7-5-11(6-8-12)13(21)9-24-17(22)16-10-23-14-3-1-2-4-15(14)26-16/h1-8,16,18H,9-10H2. The van der Waals surface area contributed by atoms with Crippen molar-refractivity contribution in [3.05, 3.63) is 54.1 Å². The molecule has 0 saturated heterocycles. The Bertz CT molecular complexity index is 791. The minimum atomic E-state index is -2.94. The van der Waals surface area contributed by atoms with E-state index in [2.05, 4.69) is 4.74 Å². The molecule has 1 aliphatic rings. The smallest absolute Gasteiger partial charge is 0.387 e. The summed E-state index contributed by atoms with van der Waals surface area (Å²) in [4.78, 5) is 24.1. The zero-order valence-electron chi connectivity index (χ0n) is 13.4. The fourth-order valence-corrected chi connectivity index (χ4v) is 2.27. The van der Waals surface area contributed by atoms with E-state index >= 15 is 0 Å². The topological polar surface area (TPSA) is 71.1 Å². The molecule has 1 heterocycles. The molecule has 26 heavy (non-hydrogen) atoms. The molecule has 1 aliphatic heterocycles. The van der Waals surface area contributed by atoms with Crippen LogP contribution < -0.4 is 14.2 Å². The number of Topliss-reactive ketones (excluding diaryl/α,β-unsaturated/α-hetero) is 1. The van der Waals surface area contributed by atoms with Crippen LogP contribution in [0.25, 0.3) is 0 Å². The number of halogens is 2. The van der Waals surface area contributed by atoms with Crippen LogP contribution in [0.3, 0.4) is 0 Å². The summed E-state index contributed by atoms with van der Waals surface area (Å²) in [7, 11) is 0. The molecule has 0 aliphatic carbocycles. The normalized spacial score (nSPS) is 15.4. The molecule has 0 fully saturated rings. The van der Waals surface area contributed by atoms with Crippen molar-refractivity contribution in [1.82, 2.24) is 0 Å². The molecule has 0 aromatic heterocycles. The first-order chi connectivity index (χ1) is 12.5. The van der Waals surface area contributed by atoms with Crippen LogP contribution in [0.1, 0.15) is 10.4 Å². The summed E-state index contributed by atoms with van der Waals surface area (Å²) in [6.45, 7) is -3.47. The first kappa shape index (κ1) is 17.7. The number of esters is 1. The molecular weight excluding hydrogens is 350 g/mol. The van der Waals surface area contributed by atoms with Crippen molar-refractivity contribution in [1.29, 1.82) is 0 Å². The van der Waals surface area contributed by atoms with E-state index in [0.717, 1.165) is 0 Å². The van der Waals surface area contributed by atoms with Crippen LogP contribution in [0.2, 0.25) is 0 Å². The molecule has 0 spiro atoms. The molecule has 2 aromatic rings. The maximum atomic E-state index is 12.1. The molecule has 0 saturated carbocycles. The van der Waals surface area contributed by atoms with Crippen LogP contribution in [-0.4, -0.2) is 37.7 Å². The fourth-order valence-electron chi connectivity index (χ4n) is 2.27. The van der Waals surface area contributed by atoms with Crippen molar-refractivity contribution < 1.29 is 37.3 Å². The maximum Gasteiger partial charge on any atom is 0.387 e. The molecule has 6 nitrogen and oxygen atoms in total. The number of rotatable bonds is 6. The second kappa shape index (κ2) is 7.81. The van der Waals surface area contributed by atoms with Gasteiger partial charge in [0.2, 0.25) is 6.10 Å². The van der Waals surface area contributed by atoms with Crippen molar-refractivity contribution >= 4 is 11.8 Å². The van der Waals surface area contributed by atoms with Gasteiger partial charge < -0.3 is 18.9 Å². The second-order valence-corrected chi connectivity index (χ2v) is 5.30. The predicted octanol–water partition coefficient (Wildman–Crippen LogP) is 2.85. The number of hydrogen-bond acceptors (Lipinski definition) is 6. The molecule has 3 rings (SSSR count). The number of carbonyl (C=O) groups is 2. The minimum Gasteiger partial charge on any atom is -0.485 e. The number of carbonyl (C=O) groups excluding carboxylic acids is 2. The molecule has 0 bridgehead atoms. The van der Waals surface area contributed by atoms with Gasteiger partial charge in [-0.15, -0.1) is 0 Å². The van der Waals surface area contributed by atoms with Gasteiger partial charge in [0.25, 0.3) is 0 Å². The quantitative estimate of drug-likeness (QED) is 0.580. The molecule has 0 N–H and O–H groups in total. The van der Waals surface area contributed by atoms with Crippen LogP contribution in [0.5, 0.6) is 17.2 Å². The maximum absolute atomic E-state index is 12.1. The largest absolute Gasteiger partial charge is 0.485 e. The van der Waals surface area contributed by atoms with Crippen molar-refractivity contribution in [3.8, 4) is 17.2 Å². The number of hydrogen-bond donors (Lipinski definition) is 0. The summed E-state index contributed by atoms with van der Waals surface area (Å²) in [5.74, 6) is -0.343. The SMILES string of the molecule is O=C(COC(=O)C1COc2ccccc2O1)c1ccc(OC(F)F)cc1. The van der Waals surface area contributed by atoms with Crippen molar-refractivity contribution in [2.75, 3.05) is 13.2 Å². The van der Waals surface area contributed by atoms with E-state index in [0.29, 0.717) is 11.5 Å². The van der Waals surface area contributed by atoms with E-state index < -0.39 is 31.1 Å². The van der Waals surface area contributed by atoms with Crippen LogP contribution in [0.4, 0.5) is 8.78 Å². The van der Waals surface area contributed by atoms with Gasteiger partial charge >= 0.3 is 12.6 Å². The fraction of sp³-hybridized carbons (Fsp3) is 0.222. The van der Waals surface area contributed by atoms with Gasteiger partial charge in [-0.3, -0.25) is 4.79 Å². The number of para-hydroxylation sites is 2. The predicted molar refractivity (Wildman–Crippen MR) is 84.7 cm³/mol. The molecular formula is C18H14F2O6. The minimum absolute atomic E-state index is 0.0241. The highest BCUT2D eigenvalue weighted by molar-refractivity contribution is 5.98. The average Bonchev–Trinajstić information content (AvgIpc) is 2.65. The number of fused-ring (bicyclic) bond motifs is 1. The highest BCUT2D eigenvalue weighted by Crippen LogP contribution is 2.31.